The van der Waals surface area contributed by atoms with Crippen molar-refractivity contribution in [3.05, 3.63) is 88.2 Å². The fourth-order valence-electron chi connectivity index (χ4n) is 3.50. The summed E-state index contributed by atoms with van der Waals surface area (Å²) in [4.78, 5) is 16.8. The normalized spacial score (nSPS) is 11.1. The van der Waals surface area contributed by atoms with Gasteiger partial charge in [0, 0.05) is 21.1 Å². The molecule has 0 spiro atoms. The molecule has 0 saturated heterocycles. The highest BCUT2D eigenvalue weighted by Gasteiger charge is 2.12. The summed E-state index contributed by atoms with van der Waals surface area (Å²) in [5, 5.41) is 4.96. The molecule has 5 aromatic rings. The molecule has 31 heavy (non-hydrogen) atoms. The maximum Gasteiger partial charge on any atom is 0.141 e. The summed E-state index contributed by atoms with van der Waals surface area (Å²) >= 11 is 10.1. The van der Waals surface area contributed by atoms with Gasteiger partial charge in [-0.25, -0.2) is 15.0 Å². The number of nitrogens with one attached hydrogen (secondary N) is 2. The van der Waals surface area contributed by atoms with Crippen molar-refractivity contribution < 1.29 is 0 Å². The predicted molar refractivity (Wildman–Crippen MR) is 130 cm³/mol. The minimum Gasteiger partial charge on any atom is -0.340 e. The Morgan fingerprint density at radius 2 is 1.81 bits per heavy atom. The molecule has 2 N–H and O–H groups in total. The van der Waals surface area contributed by atoms with Gasteiger partial charge in [0.15, 0.2) is 0 Å². The van der Waals surface area contributed by atoms with E-state index in [1.165, 1.54) is 0 Å². The van der Waals surface area contributed by atoms with Gasteiger partial charge in [0.2, 0.25) is 0 Å². The number of anilines is 2. The van der Waals surface area contributed by atoms with Gasteiger partial charge in [-0.2, -0.15) is 0 Å². The molecule has 0 fully saturated rings. The Morgan fingerprint density at radius 1 is 0.968 bits per heavy atom. The van der Waals surface area contributed by atoms with Crippen LogP contribution in [0.1, 0.15) is 5.56 Å². The molecule has 0 bridgehead atoms. The average molecular weight is 491 g/mol. The summed E-state index contributed by atoms with van der Waals surface area (Å²) in [6.45, 7) is 2.04. The van der Waals surface area contributed by atoms with Crippen molar-refractivity contribution in [1.82, 2.24) is 19.9 Å². The first-order valence-corrected chi connectivity index (χ1v) is 10.8. The maximum absolute atomic E-state index is 6.51. The van der Waals surface area contributed by atoms with Gasteiger partial charge in [-0.3, -0.25) is 0 Å². The Labute approximate surface area is 192 Å². The lowest BCUT2D eigenvalue weighted by Gasteiger charge is -2.11. The van der Waals surface area contributed by atoms with E-state index in [1.807, 2.05) is 67.7 Å². The van der Waals surface area contributed by atoms with Gasteiger partial charge in [0.1, 0.15) is 18.0 Å². The van der Waals surface area contributed by atoms with E-state index in [9.17, 15) is 0 Å². The van der Waals surface area contributed by atoms with Crippen molar-refractivity contribution in [2.45, 2.75) is 6.92 Å². The molecule has 2 heterocycles. The maximum atomic E-state index is 6.51. The van der Waals surface area contributed by atoms with Crippen LogP contribution >= 0.6 is 27.5 Å². The zero-order valence-electron chi connectivity index (χ0n) is 16.5. The number of hydrogen-bond acceptors (Lipinski definition) is 4. The summed E-state index contributed by atoms with van der Waals surface area (Å²) in [6, 6.07) is 19.9. The lowest BCUT2D eigenvalue weighted by Crippen LogP contribution is -1.97. The number of aryl methyl sites for hydroxylation is 1. The zero-order chi connectivity index (χ0) is 21.4. The summed E-state index contributed by atoms with van der Waals surface area (Å²) < 4.78 is 0.939. The van der Waals surface area contributed by atoms with Gasteiger partial charge in [-0.1, -0.05) is 41.9 Å². The van der Waals surface area contributed by atoms with Crippen molar-refractivity contribution in [3.8, 4) is 22.6 Å². The van der Waals surface area contributed by atoms with Gasteiger partial charge >= 0.3 is 0 Å². The van der Waals surface area contributed by atoms with Crippen LogP contribution in [-0.2, 0) is 0 Å². The van der Waals surface area contributed by atoms with Gasteiger partial charge in [0.05, 0.1) is 22.4 Å². The van der Waals surface area contributed by atoms with Crippen LogP contribution in [0.2, 0.25) is 5.02 Å². The molecule has 0 saturated carbocycles. The Bertz CT molecular complexity index is 1400. The standard InChI is InChI=1S/C24H17BrClN5/c1-14-9-18-22(19(25)10-14)28-13-29-24(18)30-16-7-8-20(26)17(11-16)23-27-12-21(31-23)15-5-3-2-4-6-15/h2-13H,1H3,(H,27,31)(H,28,29,30). The smallest absolute Gasteiger partial charge is 0.141 e. The van der Waals surface area contributed by atoms with Crippen LogP contribution in [0.3, 0.4) is 0 Å². The van der Waals surface area contributed by atoms with Crippen LogP contribution in [0.5, 0.6) is 0 Å². The highest BCUT2D eigenvalue weighted by molar-refractivity contribution is 9.10. The number of H-pyrrole nitrogens is 1. The first-order chi connectivity index (χ1) is 15.1. The van der Waals surface area contributed by atoms with Gasteiger partial charge in [-0.15, -0.1) is 0 Å². The number of aromatic amines is 1. The summed E-state index contributed by atoms with van der Waals surface area (Å²) in [7, 11) is 0. The zero-order valence-corrected chi connectivity index (χ0v) is 18.9. The molecule has 7 heteroatoms. The third-order valence-electron chi connectivity index (χ3n) is 4.98. The molecule has 0 atom stereocenters. The molecule has 0 radical (unpaired) electrons. The Kier molecular flexibility index (Phi) is 5.18. The molecular formula is C24H17BrClN5. The second kappa shape index (κ2) is 8.13. The first-order valence-electron chi connectivity index (χ1n) is 9.67. The number of rotatable bonds is 4. The largest absolute Gasteiger partial charge is 0.340 e. The Hall–Kier alpha value is -3.22. The third kappa shape index (κ3) is 3.92. The number of halogens is 2. The van der Waals surface area contributed by atoms with Crippen molar-refractivity contribution in [3.63, 3.8) is 0 Å². The Balaban J connectivity index is 1.52. The van der Waals surface area contributed by atoms with Gasteiger partial charge < -0.3 is 10.3 Å². The fourth-order valence-corrected chi connectivity index (χ4v) is 4.39. The van der Waals surface area contributed by atoms with E-state index < -0.39 is 0 Å². The lowest BCUT2D eigenvalue weighted by molar-refractivity contribution is 1.21. The minimum absolute atomic E-state index is 0.616. The van der Waals surface area contributed by atoms with E-state index in [4.69, 9.17) is 11.6 Å². The molecule has 5 rings (SSSR count). The topological polar surface area (TPSA) is 66.5 Å². The van der Waals surface area contributed by atoms with Crippen molar-refractivity contribution in [1.29, 1.82) is 0 Å². The number of imidazole rings is 1. The van der Waals surface area contributed by atoms with E-state index in [1.54, 1.807) is 6.33 Å². The first kappa shape index (κ1) is 19.7. The van der Waals surface area contributed by atoms with E-state index >= 15 is 0 Å². The van der Waals surface area contributed by atoms with Crippen molar-refractivity contribution >= 4 is 49.9 Å². The Morgan fingerprint density at radius 3 is 2.65 bits per heavy atom. The van der Waals surface area contributed by atoms with Crippen LogP contribution in [0.4, 0.5) is 11.5 Å². The molecule has 0 aliphatic rings. The van der Waals surface area contributed by atoms with Crippen LogP contribution in [0, 0.1) is 6.92 Å². The number of benzene rings is 3. The van der Waals surface area contributed by atoms with Gasteiger partial charge in [0.25, 0.3) is 0 Å². The van der Waals surface area contributed by atoms with Gasteiger partial charge in [-0.05, 0) is 64.3 Å². The molecular weight excluding hydrogens is 474 g/mol. The van der Waals surface area contributed by atoms with Crippen molar-refractivity contribution in [2.75, 3.05) is 5.32 Å². The van der Waals surface area contributed by atoms with Crippen molar-refractivity contribution in [2.24, 2.45) is 0 Å². The summed E-state index contributed by atoms with van der Waals surface area (Å²) in [5.74, 6) is 1.44. The SMILES string of the molecule is Cc1cc(Br)c2ncnc(Nc3ccc(Cl)c(-c4ncc(-c5ccccc5)[nH]4)c3)c2c1. The molecule has 0 aliphatic heterocycles. The third-order valence-corrected chi connectivity index (χ3v) is 5.92. The van der Waals surface area contributed by atoms with Crippen LogP contribution in [-0.4, -0.2) is 19.9 Å². The molecule has 0 unspecified atom stereocenters. The highest BCUT2D eigenvalue weighted by atomic mass is 79.9. The second-order valence-electron chi connectivity index (χ2n) is 7.20. The molecule has 0 aliphatic carbocycles. The van der Waals surface area contributed by atoms with Crippen LogP contribution < -0.4 is 5.32 Å². The van der Waals surface area contributed by atoms with Crippen LogP contribution in [0.25, 0.3) is 33.5 Å². The van der Waals surface area contributed by atoms with E-state index in [0.717, 1.165) is 49.3 Å². The number of hydrogen-bond donors (Lipinski definition) is 2. The number of fused-ring (bicyclic) bond motifs is 1. The molecule has 152 valence electrons. The summed E-state index contributed by atoms with van der Waals surface area (Å²) in [6.07, 6.45) is 3.37. The predicted octanol–water partition coefficient (Wildman–Crippen LogP) is 7.15. The number of aromatic nitrogens is 4. The van der Waals surface area contributed by atoms with Crippen LogP contribution in [0.15, 0.2) is 77.7 Å². The van der Waals surface area contributed by atoms with E-state index in [2.05, 4.69) is 47.2 Å². The molecule has 0 amide bonds. The lowest BCUT2D eigenvalue weighted by atomic mass is 10.1. The molecule has 3 aromatic carbocycles. The number of nitrogens with zero attached hydrogens (tertiary/aromatic N) is 3. The molecule has 5 nitrogen and oxygen atoms in total. The summed E-state index contributed by atoms with van der Waals surface area (Å²) in [5.41, 5.74) is 5.65. The highest BCUT2D eigenvalue weighted by Crippen LogP contribution is 2.33. The monoisotopic (exact) mass is 489 g/mol. The van der Waals surface area contributed by atoms with E-state index in [-0.39, 0.29) is 0 Å². The fraction of sp³-hybridized carbons (Fsp3) is 0.0417. The quantitative estimate of drug-likeness (QED) is 0.281. The minimum atomic E-state index is 0.616. The van der Waals surface area contributed by atoms with E-state index in [0.29, 0.717) is 10.8 Å². The second-order valence-corrected chi connectivity index (χ2v) is 8.46. The average Bonchev–Trinajstić information content (AvgIpc) is 3.26. The molecule has 2 aromatic heterocycles.